The third-order valence-corrected chi connectivity index (χ3v) is 2.16. The molecule has 1 aromatic rings. The number of carbonyl (C=O) groups is 1. The summed E-state index contributed by atoms with van der Waals surface area (Å²) >= 11 is 2.82. The van der Waals surface area contributed by atoms with E-state index in [2.05, 4.69) is 20.9 Å². The summed E-state index contributed by atoms with van der Waals surface area (Å²) in [6.07, 6.45) is -2.86. The highest BCUT2D eigenvalue weighted by molar-refractivity contribution is 9.10. The van der Waals surface area contributed by atoms with Gasteiger partial charge in [-0.1, -0.05) is 0 Å². The quantitative estimate of drug-likeness (QED) is 0.484. The molecule has 1 aromatic heterocycles. The maximum Gasteiger partial charge on any atom is 0.297 e. The van der Waals surface area contributed by atoms with E-state index in [1.807, 2.05) is 0 Å². The topological polar surface area (TPSA) is 73.1 Å². The van der Waals surface area contributed by atoms with Crippen LogP contribution < -0.4 is 0 Å². The summed E-state index contributed by atoms with van der Waals surface area (Å²) < 4.78 is 24.7. The Morgan fingerprint density at radius 1 is 1.60 bits per heavy atom. The molecule has 0 aliphatic rings. The van der Waals surface area contributed by atoms with Gasteiger partial charge in [-0.15, -0.1) is 0 Å². The predicted octanol–water partition coefficient (Wildman–Crippen LogP) is 2.50. The standard InChI is InChI=1S/C7H3BrF2N2O3/c8-3-1-5(12(14)15)6(7(9)10)11-4(3)2-13/h1-2,7H. The molecular weight excluding hydrogens is 278 g/mol. The number of carbonyl (C=O) groups excluding carboxylic acids is 1. The lowest BCUT2D eigenvalue weighted by Gasteiger charge is -2.02. The fourth-order valence-electron chi connectivity index (χ4n) is 0.898. The van der Waals surface area contributed by atoms with Gasteiger partial charge in [-0.2, -0.15) is 0 Å². The molecule has 0 aromatic carbocycles. The Balaban J connectivity index is 3.45. The largest absolute Gasteiger partial charge is 0.297 e. The zero-order valence-electron chi connectivity index (χ0n) is 6.99. The minimum atomic E-state index is -3.10. The molecule has 15 heavy (non-hydrogen) atoms. The average Bonchev–Trinajstić information content (AvgIpc) is 2.16. The highest BCUT2D eigenvalue weighted by Gasteiger charge is 2.25. The minimum absolute atomic E-state index is 0.00796. The summed E-state index contributed by atoms with van der Waals surface area (Å²) in [6.45, 7) is 0. The second-order valence-electron chi connectivity index (χ2n) is 2.44. The highest BCUT2D eigenvalue weighted by Crippen LogP contribution is 2.30. The van der Waals surface area contributed by atoms with Crippen molar-refractivity contribution in [2.45, 2.75) is 6.43 Å². The number of aromatic nitrogens is 1. The number of hydrogen-bond acceptors (Lipinski definition) is 4. The molecule has 5 nitrogen and oxygen atoms in total. The Kier molecular flexibility index (Phi) is 3.40. The summed E-state index contributed by atoms with van der Waals surface area (Å²) in [6, 6.07) is 0.832. The van der Waals surface area contributed by atoms with Gasteiger partial charge >= 0.3 is 0 Å². The molecule has 0 aliphatic heterocycles. The van der Waals surface area contributed by atoms with E-state index in [0.29, 0.717) is 0 Å². The molecule has 0 fully saturated rings. The SMILES string of the molecule is O=Cc1nc(C(F)F)c([N+](=O)[O-])cc1Br. The van der Waals surface area contributed by atoms with E-state index in [4.69, 9.17) is 0 Å². The van der Waals surface area contributed by atoms with Gasteiger partial charge in [-0.3, -0.25) is 14.9 Å². The molecule has 0 radical (unpaired) electrons. The van der Waals surface area contributed by atoms with Crippen molar-refractivity contribution >= 4 is 27.9 Å². The molecule has 0 saturated heterocycles. The van der Waals surface area contributed by atoms with Crippen LogP contribution in [0.2, 0.25) is 0 Å². The first kappa shape index (κ1) is 11.6. The first-order valence-electron chi connectivity index (χ1n) is 3.55. The van der Waals surface area contributed by atoms with E-state index in [1.54, 1.807) is 0 Å². The number of aldehydes is 1. The van der Waals surface area contributed by atoms with Crippen molar-refractivity contribution in [3.8, 4) is 0 Å². The maximum atomic E-state index is 12.3. The number of halogens is 3. The van der Waals surface area contributed by atoms with Gasteiger partial charge in [0.05, 0.1) is 9.40 Å². The van der Waals surface area contributed by atoms with Gasteiger partial charge in [0, 0.05) is 6.07 Å². The summed E-state index contributed by atoms with van der Waals surface area (Å²) in [5, 5.41) is 10.4. The van der Waals surface area contributed by atoms with Crippen molar-refractivity contribution < 1.29 is 18.5 Å². The van der Waals surface area contributed by atoms with Gasteiger partial charge in [0.2, 0.25) is 0 Å². The van der Waals surface area contributed by atoms with Crippen molar-refractivity contribution in [3.05, 3.63) is 32.0 Å². The molecule has 0 N–H and O–H groups in total. The lowest BCUT2D eigenvalue weighted by atomic mass is 10.2. The molecule has 0 unspecified atom stereocenters. The second kappa shape index (κ2) is 4.39. The number of nitrogens with zero attached hydrogens (tertiary/aromatic N) is 2. The summed E-state index contributed by atoms with van der Waals surface area (Å²) in [5.41, 5.74) is -2.12. The van der Waals surface area contributed by atoms with Crippen LogP contribution in [-0.2, 0) is 0 Å². The van der Waals surface area contributed by atoms with Crippen molar-refractivity contribution in [2.24, 2.45) is 0 Å². The molecule has 1 heterocycles. The predicted molar refractivity (Wildman–Crippen MR) is 48.9 cm³/mol. The number of rotatable bonds is 3. The van der Waals surface area contributed by atoms with E-state index in [9.17, 15) is 23.7 Å². The molecule has 0 atom stereocenters. The van der Waals surface area contributed by atoms with Gasteiger partial charge in [0.25, 0.3) is 12.1 Å². The van der Waals surface area contributed by atoms with E-state index >= 15 is 0 Å². The van der Waals surface area contributed by atoms with E-state index in [1.165, 1.54) is 0 Å². The third-order valence-electron chi connectivity index (χ3n) is 1.53. The van der Waals surface area contributed by atoms with E-state index in [0.717, 1.165) is 6.07 Å². The normalized spacial score (nSPS) is 10.4. The van der Waals surface area contributed by atoms with Crippen LogP contribution in [0.1, 0.15) is 22.6 Å². The van der Waals surface area contributed by atoms with Crippen LogP contribution in [0, 0.1) is 10.1 Å². The molecule has 1 rings (SSSR count). The van der Waals surface area contributed by atoms with Crippen molar-refractivity contribution in [1.82, 2.24) is 4.98 Å². The Morgan fingerprint density at radius 3 is 2.60 bits per heavy atom. The monoisotopic (exact) mass is 280 g/mol. The van der Waals surface area contributed by atoms with Crippen LogP contribution in [0.15, 0.2) is 10.5 Å². The van der Waals surface area contributed by atoms with Crippen molar-refractivity contribution in [3.63, 3.8) is 0 Å². The Hall–Kier alpha value is -1.44. The molecule has 0 aliphatic carbocycles. The number of pyridine rings is 1. The Morgan fingerprint density at radius 2 is 2.20 bits per heavy atom. The zero-order valence-corrected chi connectivity index (χ0v) is 8.57. The Labute approximate surface area is 90.4 Å². The molecule has 0 spiro atoms. The number of alkyl halides is 2. The fraction of sp³-hybridized carbons (Fsp3) is 0.143. The summed E-state index contributed by atoms with van der Waals surface area (Å²) in [7, 11) is 0. The second-order valence-corrected chi connectivity index (χ2v) is 3.29. The zero-order chi connectivity index (χ0) is 11.6. The number of hydrogen-bond donors (Lipinski definition) is 0. The molecule has 80 valence electrons. The lowest BCUT2D eigenvalue weighted by Crippen LogP contribution is -2.02. The van der Waals surface area contributed by atoms with E-state index < -0.39 is 22.7 Å². The van der Waals surface area contributed by atoms with Crippen LogP contribution >= 0.6 is 15.9 Å². The first-order chi connectivity index (χ1) is 6.97. The third kappa shape index (κ3) is 2.32. The summed E-state index contributed by atoms with van der Waals surface area (Å²) in [5.74, 6) is 0. The smallest absolute Gasteiger partial charge is 0.296 e. The van der Waals surface area contributed by atoms with Crippen LogP contribution in [0.4, 0.5) is 14.5 Å². The average molecular weight is 281 g/mol. The first-order valence-corrected chi connectivity index (χ1v) is 4.34. The van der Waals surface area contributed by atoms with Gasteiger partial charge in [-0.05, 0) is 15.9 Å². The molecule has 0 bridgehead atoms. The van der Waals surface area contributed by atoms with E-state index in [-0.39, 0.29) is 16.5 Å². The molecule has 8 heteroatoms. The van der Waals surface area contributed by atoms with Crippen molar-refractivity contribution in [2.75, 3.05) is 0 Å². The Bertz CT molecular complexity index is 425. The molecule has 0 amide bonds. The summed E-state index contributed by atoms with van der Waals surface area (Å²) in [4.78, 5) is 23.0. The lowest BCUT2D eigenvalue weighted by molar-refractivity contribution is -0.386. The molecule has 0 saturated carbocycles. The van der Waals surface area contributed by atoms with Crippen LogP contribution in [0.5, 0.6) is 0 Å². The van der Waals surface area contributed by atoms with Crippen molar-refractivity contribution in [1.29, 1.82) is 0 Å². The molecular formula is C7H3BrF2N2O3. The van der Waals surface area contributed by atoms with Gasteiger partial charge < -0.3 is 0 Å². The van der Waals surface area contributed by atoms with Gasteiger partial charge in [0.1, 0.15) is 5.69 Å². The van der Waals surface area contributed by atoms with Crippen LogP contribution in [-0.4, -0.2) is 16.2 Å². The van der Waals surface area contributed by atoms with Crippen LogP contribution in [0.3, 0.4) is 0 Å². The fourth-order valence-corrected chi connectivity index (χ4v) is 1.30. The highest BCUT2D eigenvalue weighted by atomic mass is 79.9. The van der Waals surface area contributed by atoms with Crippen LogP contribution in [0.25, 0.3) is 0 Å². The van der Waals surface area contributed by atoms with Gasteiger partial charge in [-0.25, -0.2) is 13.8 Å². The van der Waals surface area contributed by atoms with Gasteiger partial charge in [0.15, 0.2) is 12.0 Å². The number of nitro groups is 1. The minimum Gasteiger partial charge on any atom is -0.296 e. The maximum absolute atomic E-state index is 12.3.